The van der Waals surface area contributed by atoms with Gasteiger partial charge in [0.05, 0.1) is 21.1 Å². The molecule has 0 atom stereocenters. The fourth-order valence-electron chi connectivity index (χ4n) is 1.79. The van der Waals surface area contributed by atoms with Crippen LogP contribution in [0.2, 0.25) is 0 Å². The van der Waals surface area contributed by atoms with E-state index in [1.54, 1.807) is 0 Å². The minimum absolute atomic E-state index is 0. The second kappa shape index (κ2) is 4.07. The number of rotatable bonds is 1. The molecular formula is C13H16BN. The van der Waals surface area contributed by atoms with Gasteiger partial charge in [-0.3, -0.25) is 4.48 Å². The molecule has 0 aliphatic rings. The van der Waals surface area contributed by atoms with E-state index < -0.39 is 0 Å². The van der Waals surface area contributed by atoms with Crippen molar-refractivity contribution < 1.29 is 0 Å². The van der Waals surface area contributed by atoms with Crippen LogP contribution in [0.25, 0.3) is 10.8 Å². The molecule has 0 aliphatic carbocycles. The van der Waals surface area contributed by atoms with Crippen LogP contribution in [0.1, 0.15) is 0 Å². The van der Waals surface area contributed by atoms with Crippen molar-refractivity contribution in [3.63, 3.8) is 0 Å². The Bertz CT molecular complexity index is 452. The lowest BCUT2D eigenvalue weighted by atomic mass is 10.1. The third kappa shape index (κ3) is 2.21. The lowest BCUT2D eigenvalue weighted by Crippen LogP contribution is -2.34. The average molecular weight is 197 g/mol. The highest BCUT2D eigenvalue weighted by molar-refractivity contribution is 5.93. The van der Waals surface area contributed by atoms with E-state index in [4.69, 9.17) is 0 Å². The van der Waals surface area contributed by atoms with E-state index in [2.05, 4.69) is 63.6 Å². The Kier molecular flexibility index (Phi) is 3.20. The summed E-state index contributed by atoms with van der Waals surface area (Å²) in [5, 5.41) is 2.67. The first-order valence-corrected chi connectivity index (χ1v) is 4.89. The van der Waals surface area contributed by atoms with E-state index in [1.165, 1.54) is 16.5 Å². The summed E-state index contributed by atoms with van der Waals surface area (Å²) in [4.78, 5) is 0. The van der Waals surface area contributed by atoms with E-state index in [9.17, 15) is 0 Å². The van der Waals surface area contributed by atoms with Crippen LogP contribution in [-0.2, 0) is 0 Å². The SMILES string of the molecule is C[N+](C)(C)c1cccc2ccccc12.[B-]. The smallest absolute Gasteiger partial charge is 0.140 e. The molecule has 0 saturated carbocycles. The fraction of sp³-hybridized carbons (Fsp3) is 0.231. The Balaban J connectivity index is 0.00000112. The van der Waals surface area contributed by atoms with Crippen LogP contribution < -0.4 is 4.48 Å². The highest BCUT2D eigenvalue weighted by atomic mass is 15.3. The summed E-state index contributed by atoms with van der Waals surface area (Å²) in [6.07, 6.45) is 0. The summed E-state index contributed by atoms with van der Waals surface area (Å²) in [6, 6.07) is 15.0. The van der Waals surface area contributed by atoms with Crippen molar-refractivity contribution in [2.24, 2.45) is 0 Å². The summed E-state index contributed by atoms with van der Waals surface area (Å²) < 4.78 is 0.862. The van der Waals surface area contributed by atoms with Crippen LogP contribution in [0.15, 0.2) is 42.5 Å². The molecule has 2 heteroatoms. The van der Waals surface area contributed by atoms with Gasteiger partial charge in [-0.05, 0) is 17.5 Å². The third-order valence-electron chi connectivity index (χ3n) is 2.49. The highest BCUT2D eigenvalue weighted by Crippen LogP contribution is 2.27. The zero-order chi connectivity index (χ0) is 10.2. The van der Waals surface area contributed by atoms with Crippen LogP contribution in [0, 0.1) is 0 Å². The van der Waals surface area contributed by atoms with Gasteiger partial charge in [0, 0.05) is 5.39 Å². The molecule has 2 aromatic rings. The van der Waals surface area contributed by atoms with Gasteiger partial charge in [-0.25, -0.2) is 0 Å². The first-order valence-electron chi connectivity index (χ1n) is 4.89. The Morgan fingerprint density at radius 3 is 2.07 bits per heavy atom. The summed E-state index contributed by atoms with van der Waals surface area (Å²) in [5.74, 6) is 0. The molecule has 0 N–H and O–H groups in total. The molecule has 0 heterocycles. The van der Waals surface area contributed by atoms with Crippen molar-refractivity contribution in [1.29, 1.82) is 0 Å². The summed E-state index contributed by atoms with van der Waals surface area (Å²) in [5.41, 5.74) is 1.36. The summed E-state index contributed by atoms with van der Waals surface area (Å²) in [7, 11) is 6.59. The van der Waals surface area contributed by atoms with Gasteiger partial charge in [0.25, 0.3) is 0 Å². The number of hydrogen-bond acceptors (Lipinski definition) is 0. The second-order valence-corrected chi connectivity index (χ2v) is 4.51. The maximum atomic E-state index is 2.20. The highest BCUT2D eigenvalue weighted by Gasteiger charge is 2.14. The molecule has 0 amide bonds. The molecule has 0 fully saturated rings. The predicted octanol–water partition coefficient (Wildman–Crippen LogP) is 2.66. The topological polar surface area (TPSA) is 0 Å². The maximum Gasteiger partial charge on any atom is 0.140 e. The van der Waals surface area contributed by atoms with E-state index in [0.717, 1.165) is 4.48 Å². The van der Waals surface area contributed by atoms with Crippen molar-refractivity contribution in [3.05, 3.63) is 42.5 Å². The van der Waals surface area contributed by atoms with Crippen LogP contribution in [0.5, 0.6) is 0 Å². The standard InChI is InChI=1S/C13H16N.B/c1-14(2,3)13-10-6-8-11-7-4-5-9-12(11)13;/h4-10H,1-3H3;/q+1;-1. The molecule has 15 heavy (non-hydrogen) atoms. The van der Waals surface area contributed by atoms with Gasteiger partial charge < -0.3 is 8.41 Å². The van der Waals surface area contributed by atoms with E-state index in [1.807, 2.05) is 0 Å². The Labute approximate surface area is 93.5 Å². The monoisotopic (exact) mass is 197 g/mol. The maximum absolute atomic E-state index is 2.20. The lowest BCUT2D eigenvalue weighted by molar-refractivity contribution is 0.490. The molecule has 1 nitrogen and oxygen atoms in total. The molecule has 0 bridgehead atoms. The van der Waals surface area contributed by atoms with Gasteiger partial charge in [-0.2, -0.15) is 0 Å². The number of hydrogen-bond donors (Lipinski definition) is 0. The molecule has 0 aromatic heterocycles. The molecule has 0 spiro atoms. The van der Waals surface area contributed by atoms with E-state index in [-0.39, 0.29) is 8.41 Å². The molecule has 2 rings (SSSR count). The van der Waals surface area contributed by atoms with Crippen molar-refractivity contribution in [2.45, 2.75) is 0 Å². The van der Waals surface area contributed by atoms with Crippen molar-refractivity contribution in [1.82, 2.24) is 4.48 Å². The van der Waals surface area contributed by atoms with Gasteiger partial charge in [0.1, 0.15) is 5.69 Å². The van der Waals surface area contributed by atoms with Crippen LogP contribution >= 0.6 is 0 Å². The van der Waals surface area contributed by atoms with Gasteiger partial charge >= 0.3 is 0 Å². The number of fused-ring (bicyclic) bond motifs is 1. The zero-order valence-corrected chi connectivity index (χ0v) is 9.57. The van der Waals surface area contributed by atoms with Crippen molar-refractivity contribution in [2.75, 3.05) is 21.1 Å². The Morgan fingerprint density at radius 2 is 1.40 bits per heavy atom. The second-order valence-electron chi connectivity index (χ2n) is 4.51. The normalized spacial score (nSPS) is 11.1. The molecule has 4 radical (unpaired) electrons. The van der Waals surface area contributed by atoms with E-state index in [0.29, 0.717) is 0 Å². The summed E-state index contributed by atoms with van der Waals surface area (Å²) in [6.45, 7) is 0. The van der Waals surface area contributed by atoms with Crippen molar-refractivity contribution >= 4 is 24.9 Å². The molecule has 0 unspecified atom stereocenters. The molecule has 0 saturated heterocycles. The van der Waals surface area contributed by atoms with Gasteiger partial charge in [-0.15, -0.1) is 0 Å². The van der Waals surface area contributed by atoms with Gasteiger partial charge in [0.2, 0.25) is 0 Å². The molecular weight excluding hydrogens is 181 g/mol. The van der Waals surface area contributed by atoms with Crippen LogP contribution in [-0.4, -0.2) is 29.6 Å². The van der Waals surface area contributed by atoms with Crippen LogP contribution in [0.4, 0.5) is 5.69 Å². The third-order valence-corrected chi connectivity index (χ3v) is 2.49. The van der Waals surface area contributed by atoms with Gasteiger partial charge in [-0.1, -0.05) is 30.3 Å². The van der Waals surface area contributed by atoms with Crippen molar-refractivity contribution in [3.8, 4) is 0 Å². The Morgan fingerprint density at radius 1 is 0.800 bits per heavy atom. The number of quaternary nitrogens is 1. The van der Waals surface area contributed by atoms with E-state index >= 15 is 0 Å². The van der Waals surface area contributed by atoms with Crippen LogP contribution in [0.3, 0.4) is 0 Å². The first kappa shape index (κ1) is 11.8. The molecule has 76 valence electrons. The minimum Gasteiger partial charge on any atom is -1.00 e. The zero-order valence-electron chi connectivity index (χ0n) is 9.57. The molecule has 0 aliphatic heterocycles. The quantitative estimate of drug-likeness (QED) is 0.487. The number of nitrogens with zero attached hydrogens (tertiary/aromatic N) is 1. The summed E-state index contributed by atoms with van der Waals surface area (Å²) >= 11 is 0. The minimum atomic E-state index is 0. The Hall–Kier alpha value is -1.28. The first-order chi connectivity index (χ1) is 6.59. The average Bonchev–Trinajstić information content (AvgIpc) is 2.15. The fourth-order valence-corrected chi connectivity index (χ4v) is 1.79. The molecule has 2 aromatic carbocycles. The van der Waals surface area contributed by atoms with Gasteiger partial charge in [0.15, 0.2) is 0 Å². The lowest BCUT2D eigenvalue weighted by Gasteiger charge is -2.24. The predicted molar refractivity (Wildman–Crippen MR) is 69.3 cm³/mol. The number of benzene rings is 2. The largest absolute Gasteiger partial charge is 1.00 e.